The number of imide groups is 1. The molecule has 10 nitrogen and oxygen atoms in total. The molecule has 0 aromatic rings. The Bertz CT molecular complexity index is 667. The van der Waals surface area contributed by atoms with E-state index in [1.807, 2.05) is 0 Å². The minimum atomic E-state index is -1.12. The van der Waals surface area contributed by atoms with Crippen LogP contribution in [-0.2, 0) is 24.0 Å². The molecule has 4 amide bonds. The molecule has 2 heterocycles. The average Bonchev–Trinajstić information content (AvgIpc) is 3.08. The van der Waals surface area contributed by atoms with Gasteiger partial charge in [0.25, 0.3) is 11.8 Å². The normalized spacial score (nSPS) is 19.0. The summed E-state index contributed by atoms with van der Waals surface area (Å²) in [6.07, 6.45) is 3.11. The molecule has 2 rings (SSSR count). The Morgan fingerprint density at radius 1 is 0.962 bits per heavy atom. The fourth-order valence-corrected chi connectivity index (χ4v) is 2.57. The van der Waals surface area contributed by atoms with Crippen molar-refractivity contribution in [3.05, 3.63) is 24.3 Å². The van der Waals surface area contributed by atoms with Crippen LogP contribution in [-0.4, -0.2) is 86.9 Å². The van der Waals surface area contributed by atoms with Crippen LogP contribution in [0.15, 0.2) is 24.3 Å². The number of carbonyl (C=O) groups excluding carboxylic acids is 4. The maximum Gasteiger partial charge on any atom is 0.303 e. The SMILES string of the molecule is O=C(O)CCC(=O)N(CCN1C(=O)C=CC1=O)CCN1C(=O)C=CC1O. The molecule has 26 heavy (non-hydrogen) atoms. The lowest BCUT2D eigenvalue weighted by Gasteiger charge is -2.28. The van der Waals surface area contributed by atoms with Crippen molar-refractivity contribution < 1.29 is 34.2 Å². The Hall–Kier alpha value is -3.01. The molecule has 0 aliphatic carbocycles. The molecule has 0 spiro atoms. The van der Waals surface area contributed by atoms with E-state index in [-0.39, 0.29) is 39.0 Å². The number of aliphatic hydroxyl groups is 1. The third-order valence-electron chi connectivity index (χ3n) is 4.02. The highest BCUT2D eigenvalue weighted by Gasteiger charge is 2.27. The zero-order chi connectivity index (χ0) is 19.3. The topological polar surface area (TPSA) is 136 Å². The fraction of sp³-hybridized carbons (Fsp3) is 0.438. The summed E-state index contributed by atoms with van der Waals surface area (Å²) in [6.45, 7) is 0.0277. The summed E-state index contributed by atoms with van der Waals surface area (Å²) in [5.41, 5.74) is 0. The van der Waals surface area contributed by atoms with Crippen molar-refractivity contribution in [3.8, 4) is 0 Å². The van der Waals surface area contributed by atoms with Crippen LogP contribution in [0.4, 0.5) is 0 Å². The summed E-state index contributed by atoms with van der Waals surface area (Å²) in [4.78, 5) is 61.1. The molecule has 2 aliphatic rings. The van der Waals surface area contributed by atoms with Gasteiger partial charge in [-0.2, -0.15) is 0 Å². The van der Waals surface area contributed by atoms with Gasteiger partial charge in [0.05, 0.1) is 6.42 Å². The fourth-order valence-electron chi connectivity index (χ4n) is 2.57. The number of amides is 4. The molecule has 2 N–H and O–H groups in total. The monoisotopic (exact) mass is 365 g/mol. The van der Waals surface area contributed by atoms with Gasteiger partial charge in [-0.15, -0.1) is 0 Å². The quantitative estimate of drug-likeness (QED) is 0.466. The second-order valence-corrected chi connectivity index (χ2v) is 5.74. The number of nitrogens with zero attached hydrogens (tertiary/aromatic N) is 3. The lowest BCUT2D eigenvalue weighted by Crippen LogP contribution is -2.45. The van der Waals surface area contributed by atoms with Gasteiger partial charge in [-0.05, 0) is 6.08 Å². The van der Waals surface area contributed by atoms with Crippen LogP contribution < -0.4 is 0 Å². The van der Waals surface area contributed by atoms with Crippen LogP contribution in [0.5, 0.6) is 0 Å². The summed E-state index contributed by atoms with van der Waals surface area (Å²) in [5, 5.41) is 18.4. The number of carboxylic acids is 1. The Morgan fingerprint density at radius 2 is 1.58 bits per heavy atom. The van der Waals surface area contributed by atoms with Crippen LogP contribution in [0.3, 0.4) is 0 Å². The predicted octanol–water partition coefficient (Wildman–Crippen LogP) is -1.68. The number of rotatable bonds is 9. The van der Waals surface area contributed by atoms with E-state index in [0.29, 0.717) is 0 Å². The van der Waals surface area contributed by atoms with E-state index in [4.69, 9.17) is 5.11 Å². The average molecular weight is 365 g/mol. The summed E-state index contributed by atoms with van der Waals surface area (Å²) >= 11 is 0. The van der Waals surface area contributed by atoms with Gasteiger partial charge in [-0.25, -0.2) is 0 Å². The third-order valence-corrected chi connectivity index (χ3v) is 4.02. The lowest BCUT2D eigenvalue weighted by atomic mass is 10.2. The summed E-state index contributed by atoms with van der Waals surface area (Å²) in [7, 11) is 0. The number of aliphatic hydroxyl groups excluding tert-OH is 1. The summed E-state index contributed by atoms with van der Waals surface area (Å²) in [5.74, 6) is -2.97. The minimum Gasteiger partial charge on any atom is -0.481 e. The van der Waals surface area contributed by atoms with Crippen LogP contribution in [0.2, 0.25) is 0 Å². The van der Waals surface area contributed by atoms with Crippen molar-refractivity contribution in [2.45, 2.75) is 19.1 Å². The Labute approximate surface area is 148 Å². The van der Waals surface area contributed by atoms with E-state index in [0.717, 1.165) is 22.0 Å². The van der Waals surface area contributed by atoms with Crippen LogP contribution >= 0.6 is 0 Å². The maximum atomic E-state index is 12.3. The van der Waals surface area contributed by atoms with E-state index in [1.165, 1.54) is 17.1 Å². The first-order valence-corrected chi connectivity index (χ1v) is 7.99. The number of aliphatic carboxylic acids is 1. The van der Waals surface area contributed by atoms with Crippen molar-refractivity contribution >= 4 is 29.6 Å². The van der Waals surface area contributed by atoms with E-state index < -0.39 is 35.8 Å². The number of hydrogen-bond donors (Lipinski definition) is 2. The van der Waals surface area contributed by atoms with E-state index in [2.05, 4.69) is 0 Å². The van der Waals surface area contributed by atoms with Crippen molar-refractivity contribution in [2.75, 3.05) is 26.2 Å². The highest BCUT2D eigenvalue weighted by Crippen LogP contribution is 2.10. The van der Waals surface area contributed by atoms with E-state index in [9.17, 15) is 29.1 Å². The Kier molecular flexibility index (Phi) is 6.23. The van der Waals surface area contributed by atoms with Crippen molar-refractivity contribution in [3.63, 3.8) is 0 Å². The molecule has 0 aromatic heterocycles. The van der Waals surface area contributed by atoms with E-state index in [1.54, 1.807) is 0 Å². The van der Waals surface area contributed by atoms with Gasteiger partial charge in [0, 0.05) is 50.8 Å². The number of hydrogen-bond acceptors (Lipinski definition) is 6. The molecule has 140 valence electrons. The number of carboxylic acid groups (broad SMARTS) is 1. The van der Waals surface area contributed by atoms with Gasteiger partial charge in [0.2, 0.25) is 11.8 Å². The van der Waals surface area contributed by atoms with Gasteiger partial charge in [0.1, 0.15) is 6.23 Å². The van der Waals surface area contributed by atoms with Crippen molar-refractivity contribution in [1.82, 2.24) is 14.7 Å². The standard InChI is InChI=1S/C16H19N3O7/c20-11(5-6-16(25)26)17(7-9-18-12(21)1-2-13(18)22)8-10-19-14(23)3-4-15(19)24/h1-4,12,21H,5-10H2,(H,25,26). The largest absolute Gasteiger partial charge is 0.481 e. The first-order chi connectivity index (χ1) is 12.3. The second-order valence-electron chi connectivity index (χ2n) is 5.74. The van der Waals surface area contributed by atoms with Gasteiger partial charge >= 0.3 is 5.97 Å². The second kappa shape index (κ2) is 8.39. The van der Waals surface area contributed by atoms with Crippen molar-refractivity contribution in [1.29, 1.82) is 0 Å². The first kappa shape index (κ1) is 19.3. The number of carbonyl (C=O) groups is 5. The molecule has 0 bridgehead atoms. The first-order valence-electron chi connectivity index (χ1n) is 7.99. The smallest absolute Gasteiger partial charge is 0.303 e. The zero-order valence-corrected chi connectivity index (χ0v) is 13.9. The van der Waals surface area contributed by atoms with Crippen LogP contribution in [0.1, 0.15) is 12.8 Å². The summed E-state index contributed by atoms with van der Waals surface area (Å²) < 4.78 is 0. The van der Waals surface area contributed by atoms with Crippen LogP contribution in [0, 0.1) is 0 Å². The van der Waals surface area contributed by atoms with Gasteiger partial charge in [0.15, 0.2) is 0 Å². The van der Waals surface area contributed by atoms with E-state index >= 15 is 0 Å². The zero-order valence-electron chi connectivity index (χ0n) is 13.9. The summed E-state index contributed by atoms with van der Waals surface area (Å²) in [6, 6.07) is 0. The van der Waals surface area contributed by atoms with Crippen LogP contribution in [0.25, 0.3) is 0 Å². The highest BCUT2D eigenvalue weighted by atomic mass is 16.4. The molecule has 0 fully saturated rings. The molecule has 0 radical (unpaired) electrons. The molecule has 2 aliphatic heterocycles. The molecule has 0 saturated carbocycles. The molecule has 1 unspecified atom stereocenters. The molecule has 0 aromatic carbocycles. The minimum absolute atomic E-state index is 0.00314. The molecular formula is C16H19N3O7. The van der Waals surface area contributed by atoms with Gasteiger partial charge in [-0.3, -0.25) is 28.9 Å². The molecular weight excluding hydrogens is 346 g/mol. The highest BCUT2D eigenvalue weighted by molar-refractivity contribution is 6.12. The predicted molar refractivity (Wildman–Crippen MR) is 86.2 cm³/mol. The third kappa shape index (κ3) is 4.76. The Balaban J connectivity index is 1.95. The van der Waals surface area contributed by atoms with Crippen molar-refractivity contribution in [2.24, 2.45) is 0 Å². The Morgan fingerprint density at radius 3 is 2.12 bits per heavy atom. The lowest BCUT2D eigenvalue weighted by molar-refractivity contribution is -0.142. The molecule has 1 atom stereocenters. The maximum absolute atomic E-state index is 12.3. The molecule has 10 heteroatoms. The van der Waals surface area contributed by atoms with Gasteiger partial charge < -0.3 is 20.0 Å². The molecule has 0 saturated heterocycles. The van der Waals surface area contributed by atoms with Gasteiger partial charge in [-0.1, -0.05) is 0 Å².